The highest BCUT2D eigenvalue weighted by atomic mass is 16.3. The van der Waals surface area contributed by atoms with Gasteiger partial charge in [0.1, 0.15) is 0 Å². The van der Waals surface area contributed by atoms with Crippen molar-refractivity contribution in [1.29, 1.82) is 0 Å². The van der Waals surface area contributed by atoms with Gasteiger partial charge in [0.25, 0.3) is 5.91 Å². The molecule has 2 aromatic carbocycles. The second-order valence-corrected chi connectivity index (χ2v) is 4.74. The molecule has 0 radical (unpaired) electrons. The van der Waals surface area contributed by atoms with Crippen LogP contribution in [0.25, 0.3) is 0 Å². The highest BCUT2D eigenvalue weighted by Crippen LogP contribution is 2.30. The maximum atomic E-state index is 11.8. The second kappa shape index (κ2) is 4.96. The summed E-state index contributed by atoms with van der Waals surface area (Å²) in [5.74, 6) is -0.155. The van der Waals surface area contributed by atoms with Gasteiger partial charge >= 0.3 is 0 Å². The van der Waals surface area contributed by atoms with E-state index >= 15 is 0 Å². The molecule has 1 aliphatic rings. The number of fused-ring (bicyclic) bond motifs is 1. The van der Waals surface area contributed by atoms with Crippen LogP contribution in [0, 0.1) is 0 Å². The van der Waals surface area contributed by atoms with Gasteiger partial charge < -0.3 is 10.8 Å². The molecule has 0 fully saturated rings. The van der Waals surface area contributed by atoms with Gasteiger partial charge in [0.2, 0.25) is 0 Å². The number of rotatable bonds is 2. The monoisotopic (exact) mass is 269 g/mol. The predicted octanol–water partition coefficient (Wildman–Crippen LogP) is 1.10. The lowest BCUT2D eigenvalue weighted by molar-refractivity contribution is 0.0913. The number of aliphatic hydroxyl groups excluding tert-OH is 1. The van der Waals surface area contributed by atoms with Gasteiger partial charge in [-0.15, -0.1) is 0 Å². The number of nitrogens with one attached hydrogen (secondary N) is 2. The van der Waals surface area contributed by atoms with Crippen molar-refractivity contribution in [2.24, 2.45) is 0 Å². The largest absolute Gasteiger partial charge is 0.399 e. The van der Waals surface area contributed by atoms with Crippen molar-refractivity contribution in [3.05, 3.63) is 64.7 Å². The van der Waals surface area contributed by atoms with Gasteiger partial charge in [-0.2, -0.15) is 0 Å². The predicted molar refractivity (Wildman–Crippen MR) is 75.7 cm³/mol. The van der Waals surface area contributed by atoms with Gasteiger partial charge in [-0.25, -0.2) is 5.43 Å². The number of aliphatic hydroxyl groups is 1. The second-order valence-electron chi connectivity index (χ2n) is 4.74. The van der Waals surface area contributed by atoms with E-state index in [2.05, 4.69) is 10.9 Å². The molecule has 0 saturated heterocycles. The Bertz CT molecular complexity index is 670. The molecule has 1 amide bonds. The molecule has 0 aromatic heterocycles. The number of amides is 1. The number of hydrogen-bond acceptors (Lipinski definition) is 4. The summed E-state index contributed by atoms with van der Waals surface area (Å²) in [7, 11) is 0. The van der Waals surface area contributed by atoms with E-state index in [0.29, 0.717) is 11.3 Å². The summed E-state index contributed by atoms with van der Waals surface area (Å²) in [6.45, 7) is -0.103. The number of benzene rings is 2. The van der Waals surface area contributed by atoms with Crippen LogP contribution in [0.5, 0.6) is 0 Å². The number of carbonyl (C=O) groups excluding carboxylic acids is 1. The van der Waals surface area contributed by atoms with Crippen LogP contribution in [0.15, 0.2) is 42.5 Å². The highest BCUT2D eigenvalue weighted by molar-refractivity contribution is 5.96. The van der Waals surface area contributed by atoms with Crippen LogP contribution in [0.3, 0.4) is 0 Å². The lowest BCUT2D eigenvalue weighted by Crippen LogP contribution is -2.45. The number of carbonyl (C=O) groups is 1. The summed E-state index contributed by atoms with van der Waals surface area (Å²) in [4.78, 5) is 11.8. The van der Waals surface area contributed by atoms with Gasteiger partial charge in [-0.05, 0) is 34.9 Å². The van der Waals surface area contributed by atoms with E-state index in [1.165, 1.54) is 0 Å². The summed E-state index contributed by atoms with van der Waals surface area (Å²) in [6, 6.07) is 12.6. The van der Waals surface area contributed by atoms with Crippen LogP contribution in [0.1, 0.15) is 33.1 Å². The summed E-state index contributed by atoms with van der Waals surface area (Å²) in [6.07, 6.45) is 0. The van der Waals surface area contributed by atoms with Gasteiger partial charge in [0.15, 0.2) is 0 Å². The third-order valence-corrected chi connectivity index (χ3v) is 3.49. The molecule has 0 bridgehead atoms. The van der Waals surface area contributed by atoms with Crippen LogP contribution in [0.4, 0.5) is 5.69 Å². The van der Waals surface area contributed by atoms with Crippen LogP contribution < -0.4 is 16.6 Å². The first-order chi connectivity index (χ1) is 9.70. The van der Waals surface area contributed by atoms with E-state index in [-0.39, 0.29) is 18.6 Å². The zero-order valence-corrected chi connectivity index (χ0v) is 10.8. The Hall–Kier alpha value is -2.37. The van der Waals surface area contributed by atoms with Crippen LogP contribution in [-0.2, 0) is 6.61 Å². The molecule has 1 aliphatic heterocycles. The van der Waals surface area contributed by atoms with Crippen LogP contribution in [-0.4, -0.2) is 11.0 Å². The molecule has 1 heterocycles. The Morgan fingerprint density at radius 3 is 2.75 bits per heavy atom. The maximum Gasteiger partial charge on any atom is 0.265 e. The molecule has 0 saturated carbocycles. The van der Waals surface area contributed by atoms with Crippen molar-refractivity contribution in [2.75, 3.05) is 5.73 Å². The maximum absolute atomic E-state index is 11.8. The molecule has 5 heteroatoms. The Balaban J connectivity index is 2.12. The molecule has 20 heavy (non-hydrogen) atoms. The minimum atomic E-state index is -0.202. The van der Waals surface area contributed by atoms with Crippen molar-refractivity contribution < 1.29 is 9.90 Å². The van der Waals surface area contributed by atoms with Crippen molar-refractivity contribution in [3.63, 3.8) is 0 Å². The Labute approximate surface area is 116 Å². The summed E-state index contributed by atoms with van der Waals surface area (Å²) >= 11 is 0. The quantitative estimate of drug-likeness (QED) is 0.615. The normalized spacial score (nSPS) is 17.4. The van der Waals surface area contributed by atoms with Gasteiger partial charge in [-0.1, -0.05) is 24.3 Å². The molecule has 5 N–H and O–H groups in total. The average molecular weight is 269 g/mol. The molecular weight excluding hydrogens is 254 g/mol. The standard InChI is InChI=1S/C15H15N3O2/c16-10-5-6-11(9(7-10)8-19)14-12-3-1-2-4-13(12)15(20)18-17-14/h1-7,14,17,19H,8,16H2,(H,18,20). The SMILES string of the molecule is Nc1ccc(C2NNC(=O)c3ccccc32)c(CO)c1. The fourth-order valence-electron chi connectivity index (χ4n) is 2.53. The van der Waals surface area contributed by atoms with E-state index in [9.17, 15) is 9.90 Å². The number of hydrogen-bond donors (Lipinski definition) is 4. The number of nitrogens with two attached hydrogens (primary N) is 1. The molecule has 0 spiro atoms. The summed E-state index contributed by atoms with van der Waals surface area (Å²) < 4.78 is 0. The zero-order chi connectivity index (χ0) is 14.1. The first-order valence-electron chi connectivity index (χ1n) is 6.34. The molecule has 1 atom stereocenters. The molecular formula is C15H15N3O2. The van der Waals surface area contributed by atoms with Crippen LogP contribution >= 0.6 is 0 Å². The average Bonchev–Trinajstić information content (AvgIpc) is 2.48. The fourth-order valence-corrected chi connectivity index (χ4v) is 2.53. The molecule has 102 valence electrons. The Kier molecular flexibility index (Phi) is 3.14. The number of anilines is 1. The van der Waals surface area contributed by atoms with Crippen molar-refractivity contribution in [2.45, 2.75) is 12.6 Å². The molecule has 3 rings (SSSR count). The van der Waals surface area contributed by atoms with E-state index < -0.39 is 0 Å². The fraction of sp³-hybridized carbons (Fsp3) is 0.133. The van der Waals surface area contributed by atoms with Gasteiger partial charge in [0.05, 0.1) is 12.6 Å². The number of nitrogen functional groups attached to an aromatic ring is 1. The van der Waals surface area contributed by atoms with Crippen LogP contribution in [0.2, 0.25) is 0 Å². The number of hydrazine groups is 1. The third kappa shape index (κ3) is 2.03. The molecule has 2 aromatic rings. The summed E-state index contributed by atoms with van der Waals surface area (Å²) in [5, 5.41) is 9.50. The van der Waals surface area contributed by atoms with E-state index in [0.717, 1.165) is 16.7 Å². The van der Waals surface area contributed by atoms with Gasteiger partial charge in [-0.3, -0.25) is 10.2 Å². The molecule has 5 nitrogen and oxygen atoms in total. The lowest BCUT2D eigenvalue weighted by atomic mass is 9.90. The smallest absolute Gasteiger partial charge is 0.265 e. The summed E-state index contributed by atoms with van der Waals surface area (Å²) in [5.41, 5.74) is 15.1. The third-order valence-electron chi connectivity index (χ3n) is 3.49. The van der Waals surface area contributed by atoms with Crippen molar-refractivity contribution in [3.8, 4) is 0 Å². The van der Waals surface area contributed by atoms with E-state index in [4.69, 9.17) is 5.73 Å². The first kappa shape index (κ1) is 12.7. The van der Waals surface area contributed by atoms with E-state index in [1.54, 1.807) is 18.2 Å². The molecule has 1 unspecified atom stereocenters. The first-order valence-corrected chi connectivity index (χ1v) is 6.34. The lowest BCUT2D eigenvalue weighted by Gasteiger charge is -2.28. The minimum absolute atomic E-state index is 0.103. The Morgan fingerprint density at radius 2 is 1.95 bits per heavy atom. The van der Waals surface area contributed by atoms with Gasteiger partial charge in [0, 0.05) is 11.3 Å². The zero-order valence-electron chi connectivity index (χ0n) is 10.8. The minimum Gasteiger partial charge on any atom is -0.399 e. The highest BCUT2D eigenvalue weighted by Gasteiger charge is 2.27. The Morgan fingerprint density at radius 1 is 1.15 bits per heavy atom. The van der Waals surface area contributed by atoms with Crippen molar-refractivity contribution >= 4 is 11.6 Å². The van der Waals surface area contributed by atoms with Crippen molar-refractivity contribution in [1.82, 2.24) is 10.9 Å². The topological polar surface area (TPSA) is 87.4 Å². The van der Waals surface area contributed by atoms with E-state index in [1.807, 2.05) is 24.3 Å². The molecule has 0 aliphatic carbocycles.